The standard InChI is InChI=1S/C36H41N5O8/c1-36(2,34(46)47)17-7-8-23-13-15-24(16-14-23)41-33(45)21-39-31(43)19-37-30(42)18-38-32(44)20-40-35(48)49-22-29-27-11-5-3-9-25(27)26-10-4-6-12-28(26)29/h3-6,9-16,29H,7-8,17-22H2,1-2H3,(H,37,42)(H,38,44)(H,39,43)(H,40,48)(H,41,45)(H,46,47). The maximum atomic E-state index is 12.3. The molecule has 0 unspecified atom stereocenters. The van der Waals surface area contributed by atoms with Gasteiger partial charge < -0.3 is 36.4 Å². The number of nitrogens with one attached hydrogen (secondary N) is 5. The summed E-state index contributed by atoms with van der Waals surface area (Å²) in [4.78, 5) is 72.0. The summed E-state index contributed by atoms with van der Waals surface area (Å²) in [6.45, 7) is 1.92. The van der Waals surface area contributed by atoms with Crippen molar-refractivity contribution in [2.45, 2.75) is 39.0 Å². The highest BCUT2D eigenvalue weighted by atomic mass is 16.5. The zero-order chi connectivity index (χ0) is 35.4. The maximum absolute atomic E-state index is 12.3. The van der Waals surface area contributed by atoms with E-state index in [2.05, 4.69) is 26.6 Å². The molecule has 0 saturated heterocycles. The summed E-state index contributed by atoms with van der Waals surface area (Å²) in [7, 11) is 0. The summed E-state index contributed by atoms with van der Waals surface area (Å²) in [5.74, 6) is -3.29. The summed E-state index contributed by atoms with van der Waals surface area (Å²) in [5, 5.41) is 21.3. The Bertz CT molecular complexity index is 1640. The first kappa shape index (κ1) is 36.1. The van der Waals surface area contributed by atoms with Crippen LogP contribution in [0.4, 0.5) is 10.5 Å². The van der Waals surface area contributed by atoms with Crippen LogP contribution in [-0.2, 0) is 35.1 Å². The van der Waals surface area contributed by atoms with E-state index in [1.54, 1.807) is 26.0 Å². The number of rotatable bonds is 16. The molecule has 13 nitrogen and oxygen atoms in total. The van der Waals surface area contributed by atoms with E-state index < -0.39 is 60.7 Å². The topological polar surface area (TPSA) is 192 Å². The molecule has 0 aromatic heterocycles. The van der Waals surface area contributed by atoms with Crippen LogP contribution in [-0.4, -0.2) is 73.6 Å². The molecule has 6 N–H and O–H groups in total. The Labute approximate surface area is 284 Å². The van der Waals surface area contributed by atoms with Gasteiger partial charge >= 0.3 is 12.1 Å². The van der Waals surface area contributed by atoms with Crippen molar-refractivity contribution < 1.29 is 38.6 Å². The van der Waals surface area contributed by atoms with E-state index in [-0.39, 0.29) is 19.1 Å². The van der Waals surface area contributed by atoms with Crippen LogP contribution in [0.2, 0.25) is 0 Å². The molecule has 258 valence electrons. The second-order valence-corrected chi connectivity index (χ2v) is 12.3. The van der Waals surface area contributed by atoms with Crippen molar-refractivity contribution in [1.82, 2.24) is 21.3 Å². The minimum Gasteiger partial charge on any atom is -0.481 e. The Morgan fingerprint density at radius 3 is 1.69 bits per heavy atom. The molecule has 3 aromatic carbocycles. The molecule has 0 spiro atoms. The van der Waals surface area contributed by atoms with E-state index in [0.717, 1.165) is 27.8 Å². The number of carbonyl (C=O) groups excluding carboxylic acids is 5. The van der Waals surface area contributed by atoms with Gasteiger partial charge in [0.05, 0.1) is 25.0 Å². The average molecular weight is 672 g/mol. The summed E-state index contributed by atoms with van der Waals surface area (Å²) < 4.78 is 5.39. The zero-order valence-electron chi connectivity index (χ0n) is 27.5. The number of benzene rings is 3. The smallest absolute Gasteiger partial charge is 0.407 e. The third-order valence-corrected chi connectivity index (χ3v) is 8.16. The van der Waals surface area contributed by atoms with Gasteiger partial charge in [0.2, 0.25) is 23.6 Å². The largest absolute Gasteiger partial charge is 0.481 e. The highest BCUT2D eigenvalue weighted by Gasteiger charge is 2.29. The van der Waals surface area contributed by atoms with E-state index in [0.29, 0.717) is 24.9 Å². The molecule has 0 bridgehead atoms. The third-order valence-electron chi connectivity index (χ3n) is 8.16. The fourth-order valence-corrected chi connectivity index (χ4v) is 5.33. The third kappa shape index (κ3) is 10.6. The van der Waals surface area contributed by atoms with E-state index in [9.17, 15) is 33.9 Å². The van der Waals surface area contributed by atoms with E-state index in [4.69, 9.17) is 4.74 Å². The molecule has 4 rings (SSSR count). The van der Waals surface area contributed by atoms with Gasteiger partial charge in [-0.05, 0) is 73.1 Å². The SMILES string of the molecule is CC(C)(CCCc1ccc(NC(=O)CNC(=O)CNC(=O)CNC(=O)CNC(=O)OCC2c3ccccc3-c3ccccc32)cc1)C(=O)O. The molecule has 49 heavy (non-hydrogen) atoms. The van der Waals surface area contributed by atoms with E-state index >= 15 is 0 Å². The van der Waals surface area contributed by atoms with Crippen molar-refractivity contribution in [3.05, 3.63) is 89.5 Å². The predicted molar refractivity (Wildman–Crippen MR) is 182 cm³/mol. The van der Waals surface area contributed by atoms with E-state index in [1.807, 2.05) is 60.7 Å². The van der Waals surface area contributed by atoms with Crippen LogP contribution >= 0.6 is 0 Å². The average Bonchev–Trinajstić information content (AvgIpc) is 3.41. The number of hydrogen-bond acceptors (Lipinski definition) is 7. The molecule has 0 aliphatic heterocycles. The lowest BCUT2D eigenvalue weighted by atomic mass is 9.87. The van der Waals surface area contributed by atoms with Gasteiger partial charge in [-0.3, -0.25) is 24.0 Å². The maximum Gasteiger partial charge on any atom is 0.407 e. The Hall–Kier alpha value is -5.72. The number of ether oxygens (including phenoxy) is 1. The normalized spacial score (nSPS) is 11.8. The molecule has 0 heterocycles. The minimum atomic E-state index is -0.830. The lowest BCUT2D eigenvalue weighted by Crippen LogP contribution is -2.45. The minimum absolute atomic E-state index is 0.0956. The molecular formula is C36H41N5O8. The summed E-state index contributed by atoms with van der Waals surface area (Å²) in [5.41, 5.74) is 5.07. The van der Waals surface area contributed by atoms with Gasteiger partial charge in [0.25, 0.3) is 0 Å². The summed E-state index contributed by atoms with van der Waals surface area (Å²) in [6.07, 6.45) is 1.18. The number of carbonyl (C=O) groups is 6. The fraction of sp³-hybridized carbons (Fsp3) is 0.333. The highest BCUT2D eigenvalue weighted by molar-refractivity contribution is 5.95. The number of fused-ring (bicyclic) bond motifs is 3. The Morgan fingerprint density at radius 2 is 1.16 bits per heavy atom. The molecular weight excluding hydrogens is 630 g/mol. The molecule has 0 radical (unpaired) electrons. The lowest BCUT2D eigenvalue weighted by molar-refractivity contribution is -0.147. The molecule has 5 amide bonds. The lowest BCUT2D eigenvalue weighted by Gasteiger charge is -2.18. The first-order valence-corrected chi connectivity index (χ1v) is 15.9. The molecule has 1 aliphatic rings. The Morgan fingerprint density at radius 1 is 0.673 bits per heavy atom. The van der Waals surface area contributed by atoms with Crippen LogP contribution in [0.3, 0.4) is 0 Å². The first-order valence-electron chi connectivity index (χ1n) is 15.9. The predicted octanol–water partition coefficient (Wildman–Crippen LogP) is 2.95. The molecule has 0 atom stereocenters. The second kappa shape index (κ2) is 16.9. The van der Waals surface area contributed by atoms with Crippen molar-refractivity contribution in [2.75, 3.05) is 38.1 Å². The zero-order valence-corrected chi connectivity index (χ0v) is 27.5. The van der Waals surface area contributed by atoms with Crippen molar-refractivity contribution in [1.29, 1.82) is 0 Å². The Balaban J connectivity index is 1.05. The number of anilines is 1. The number of aryl methyl sites for hydroxylation is 1. The van der Waals surface area contributed by atoms with Crippen molar-refractivity contribution in [3.8, 4) is 11.1 Å². The molecule has 3 aromatic rings. The molecule has 0 fully saturated rings. The Kier molecular flexibility index (Phi) is 12.5. The number of carboxylic acid groups (broad SMARTS) is 1. The van der Waals surface area contributed by atoms with Crippen molar-refractivity contribution in [3.63, 3.8) is 0 Å². The van der Waals surface area contributed by atoms with Crippen LogP contribution in [0.5, 0.6) is 0 Å². The number of aliphatic carboxylic acids is 1. The fourth-order valence-electron chi connectivity index (χ4n) is 5.33. The van der Waals surface area contributed by atoms with E-state index in [1.165, 1.54) is 0 Å². The van der Waals surface area contributed by atoms with Gasteiger partial charge in [-0.25, -0.2) is 4.79 Å². The number of hydrogen-bond donors (Lipinski definition) is 6. The molecule has 1 aliphatic carbocycles. The second-order valence-electron chi connectivity index (χ2n) is 12.3. The van der Waals surface area contributed by atoms with Gasteiger partial charge in [0, 0.05) is 11.6 Å². The summed E-state index contributed by atoms with van der Waals surface area (Å²) >= 11 is 0. The van der Waals surface area contributed by atoms with Crippen LogP contribution in [0.15, 0.2) is 72.8 Å². The van der Waals surface area contributed by atoms with Crippen molar-refractivity contribution in [2.24, 2.45) is 5.41 Å². The monoisotopic (exact) mass is 671 g/mol. The van der Waals surface area contributed by atoms with Crippen LogP contribution in [0, 0.1) is 5.41 Å². The van der Waals surface area contributed by atoms with Crippen LogP contribution < -0.4 is 26.6 Å². The van der Waals surface area contributed by atoms with Gasteiger partial charge in [-0.1, -0.05) is 60.7 Å². The first-order chi connectivity index (χ1) is 23.4. The quantitative estimate of drug-likeness (QED) is 0.134. The van der Waals surface area contributed by atoms with Gasteiger partial charge in [-0.15, -0.1) is 0 Å². The van der Waals surface area contributed by atoms with Gasteiger partial charge in [0.15, 0.2) is 0 Å². The number of amides is 5. The summed E-state index contributed by atoms with van der Waals surface area (Å²) in [6, 6.07) is 23.0. The van der Waals surface area contributed by atoms with Crippen molar-refractivity contribution >= 4 is 41.4 Å². The number of carboxylic acids is 1. The molecule has 0 saturated carbocycles. The van der Waals surface area contributed by atoms with Gasteiger partial charge in [0.1, 0.15) is 13.2 Å². The van der Waals surface area contributed by atoms with Crippen LogP contribution in [0.25, 0.3) is 11.1 Å². The van der Waals surface area contributed by atoms with Gasteiger partial charge in [-0.2, -0.15) is 0 Å². The highest BCUT2D eigenvalue weighted by Crippen LogP contribution is 2.44. The van der Waals surface area contributed by atoms with Crippen LogP contribution in [0.1, 0.15) is 49.3 Å². The molecule has 13 heteroatoms. The number of alkyl carbamates (subject to hydrolysis) is 1.